The lowest BCUT2D eigenvalue weighted by atomic mass is 10.0. The van der Waals surface area contributed by atoms with Gasteiger partial charge in [-0.1, -0.05) is 11.6 Å². The van der Waals surface area contributed by atoms with Gasteiger partial charge in [0.05, 0.1) is 25.8 Å². The SMILES string of the molecule is COc1ccc(OC)c([C@@H]2CCCN2CC(=O)Nc2ccc(F)c(Cl)c2)c1. The Bertz CT molecular complexity index is 831. The van der Waals surface area contributed by atoms with Crippen molar-refractivity contribution in [2.24, 2.45) is 0 Å². The summed E-state index contributed by atoms with van der Waals surface area (Å²) in [4.78, 5) is 14.6. The molecule has 0 spiro atoms. The Morgan fingerprint density at radius 3 is 2.78 bits per heavy atom. The van der Waals surface area contributed by atoms with Crippen LogP contribution in [-0.4, -0.2) is 38.1 Å². The van der Waals surface area contributed by atoms with Crippen LogP contribution in [0.5, 0.6) is 11.5 Å². The van der Waals surface area contributed by atoms with Gasteiger partial charge in [-0.05, 0) is 55.8 Å². The summed E-state index contributed by atoms with van der Waals surface area (Å²) in [6, 6.07) is 9.89. The Labute approximate surface area is 163 Å². The quantitative estimate of drug-likeness (QED) is 0.797. The third-order valence-corrected chi connectivity index (χ3v) is 5.00. The summed E-state index contributed by atoms with van der Waals surface area (Å²) >= 11 is 5.77. The summed E-state index contributed by atoms with van der Waals surface area (Å²) in [7, 11) is 3.26. The molecule has 0 radical (unpaired) electrons. The Hall–Kier alpha value is -2.31. The Balaban J connectivity index is 1.73. The average molecular weight is 393 g/mol. The highest BCUT2D eigenvalue weighted by Crippen LogP contribution is 2.38. The van der Waals surface area contributed by atoms with Crippen molar-refractivity contribution in [1.29, 1.82) is 0 Å². The highest BCUT2D eigenvalue weighted by Gasteiger charge is 2.30. The molecule has 144 valence electrons. The lowest BCUT2D eigenvalue weighted by Crippen LogP contribution is -2.33. The number of ether oxygens (including phenoxy) is 2. The fourth-order valence-corrected chi connectivity index (χ4v) is 3.61. The molecule has 0 aliphatic carbocycles. The number of amides is 1. The molecule has 0 aromatic heterocycles. The third-order valence-electron chi connectivity index (χ3n) is 4.71. The van der Waals surface area contributed by atoms with Crippen LogP contribution in [0.1, 0.15) is 24.4 Å². The van der Waals surface area contributed by atoms with Gasteiger partial charge in [-0.25, -0.2) is 4.39 Å². The first-order valence-corrected chi connectivity index (χ1v) is 9.10. The maximum atomic E-state index is 13.3. The van der Waals surface area contributed by atoms with Gasteiger partial charge < -0.3 is 14.8 Å². The van der Waals surface area contributed by atoms with Crippen LogP contribution in [0.2, 0.25) is 5.02 Å². The van der Waals surface area contributed by atoms with Gasteiger partial charge >= 0.3 is 0 Å². The number of likely N-dealkylation sites (tertiary alicyclic amines) is 1. The highest BCUT2D eigenvalue weighted by atomic mass is 35.5. The molecule has 0 unspecified atom stereocenters. The molecule has 5 nitrogen and oxygen atoms in total. The van der Waals surface area contributed by atoms with Crippen molar-refractivity contribution in [3.63, 3.8) is 0 Å². The predicted molar refractivity (Wildman–Crippen MR) is 103 cm³/mol. The Morgan fingerprint density at radius 2 is 2.07 bits per heavy atom. The van der Waals surface area contributed by atoms with Crippen LogP contribution in [-0.2, 0) is 4.79 Å². The van der Waals surface area contributed by atoms with Crippen LogP contribution in [0.15, 0.2) is 36.4 Å². The van der Waals surface area contributed by atoms with E-state index in [1.165, 1.54) is 18.2 Å². The minimum atomic E-state index is -0.514. The zero-order valence-electron chi connectivity index (χ0n) is 15.3. The molecule has 1 aliphatic rings. The molecule has 1 saturated heterocycles. The molecule has 27 heavy (non-hydrogen) atoms. The van der Waals surface area contributed by atoms with Crippen LogP contribution in [0.3, 0.4) is 0 Å². The fourth-order valence-electron chi connectivity index (χ4n) is 3.43. The van der Waals surface area contributed by atoms with Crippen molar-refractivity contribution in [2.45, 2.75) is 18.9 Å². The van der Waals surface area contributed by atoms with E-state index >= 15 is 0 Å². The van der Waals surface area contributed by atoms with Crippen LogP contribution >= 0.6 is 11.6 Å². The fraction of sp³-hybridized carbons (Fsp3) is 0.350. The first-order chi connectivity index (χ1) is 13.0. The lowest BCUT2D eigenvalue weighted by Gasteiger charge is -2.26. The molecule has 0 saturated carbocycles. The molecule has 1 aliphatic heterocycles. The van der Waals surface area contributed by atoms with Crippen LogP contribution < -0.4 is 14.8 Å². The van der Waals surface area contributed by atoms with E-state index in [4.69, 9.17) is 21.1 Å². The van der Waals surface area contributed by atoms with E-state index < -0.39 is 5.82 Å². The molecule has 7 heteroatoms. The highest BCUT2D eigenvalue weighted by molar-refractivity contribution is 6.31. The Kier molecular flexibility index (Phi) is 6.19. The second kappa shape index (κ2) is 8.59. The lowest BCUT2D eigenvalue weighted by molar-refractivity contribution is -0.117. The summed E-state index contributed by atoms with van der Waals surface area (Å²) in [5.41, 5.74) is 1.48. The second-order valence-electron chi connectivity index (χ2n) is 6.41. The summed E-state index contributed by atoms with van der Waals surface area (Å²) in [6.45, 7) is 1.03. The number of benzene rings is 2. The van der Waals surface area contributed by atoms with Gasteiger partial charge in [0.2, 0.25) is 5.91 Å². The van der Waals surface area contributed by atoms with Crippen LogP contribution in [0.4, 0.5) is 10.1 Å². The number of carbonyl (C=O) groups excluding carboxylic acids is 1. The number of nitrogens with zero attached hydrogens (tertiary/aromatic N) is 1. The largest absolute Gasteiger partial charge is 0.497 e. The number of anilines is 1. The average Bonchev–Trinajstić information content (AvgIpc) is 3.11. The number of methoxy groups -OCH3 is 2. The van der Waals surface area contributed by atoms with Crippen LogP contribution in [0.25, 0.3) is 0 Å². The normalized spacial score (nSPS) is 17.0. The first kappa shape index (κ1) is 19.5. The molecule has 1 amide bonds. The van der Waals surface area contributed by atoms with E-state index in [0.717, 1.165) is 36.4 Å². The van der Waals surface area contributed by atoms with Gasteiger partial charge in [-0.2, -0.15) is 0 Å². The zero-order chi connectivity index (χ0) is 19.4. The zero-order valence-corrected chi connectivity index (χ0v) is 16.1. The predicted octanol–water partition coefficient (Wildman–Crippen LogP) is 4.27. The van der Waals surface area contributed by atoms with Gasteiger partial charge in [-0.15, -0.1) is 0 Å². The third kappa shape index (κ3) is 4.51. The van der Waals surface area contributed by atoms with Gasteiger partial charge in [-0.3, -0.25) is 9.69 Å². The summed E-state index contributed by atoms with van der Waals surface area (Å²) in [5.74, 6) is 0.840. The summed E-state index contributed by atoms with van der Waals surface area (Å²) in [5, 5.41) is 2.75. The van der Waals surface area contributed by atoms with Gasteiger partial charge in [0, 0.05) is 17.3 Å². The molecule has 1 heterocycles. The second-order valence-corrected chi connectivity index (χ2v) is 6.82. The minimum absolute atomic E-state index is 0.0204. The van der Waals surface area contributed by atoms with Crippen molar-refractivity contribution in [1.82, 2.24) is 4.90 Å². The number of hydrogen-bond acceptors (Lipinski definition) is 4. The van der Waals surface area contributed by atoms with Gasteiger partial charge in [0.15, 0.2) is 0 Å². The van der Waals surface area contributed by atoms with Gasteiger partial charge in [0.25, 0.3) is 0 Å². The Morgan fingerprint density at radius 1 is 1.26 bits per heavy atom. The van der Waals surface area contributed by atoms with Crippen molar-refractivity contribution in [2.75, 3.05) is 32.6 Å². The van der Waals surface area contributed by atoms with Crippen molar-refractivity contribution in [3.05, 3.63) is 52.8 Å². The molecule has 2 aromatic carbocycles. The number of hydrogen-bond donors (Lipinski definition) is 1. The number of nitrogens with one attached hydrogen (secondary N) is 1. The monoisotopic (exact) mass is 392 g/mol. The first-order valence-electron chi connectivity index (χ1n) is 8.72. The smallest absolute Gasteiger partial charge is 0.238 e. The molecule has 1 atom stereocenters. The van der Waals surface area contributed by atoms with Gasteiger partial charge in [0.1, 0.15) is 17.3 Å². The maximum Gasteiger partial charge on any atom is 0.238 e. The molecule has 2 aromatic rings. The topological polar surface area (TPSA) is 50.8 Å². The minimum Gasteiger partial charge on any atom is -0.497 e. The molecular weight excluding hydrogens is 371 g/mol. The molecule has 1 N–H and O–H groups in total. The van der Waals surface area contributed by atoms with E-state index in [1.807, 2.05) is 18.2 Å². The van der Waals surface area contributed by atoms with Crippen LogP contribution in [0, 0.1) is 5.82 Å². The summed E-state index contributed by atoms with van der Waals surface area (Å²) < 4.78 is 24.1. The van der Waals surface area contributed by atoms with Crippen molar-refractivity contribution < 1.29 is 18.7 Å². The molecule has 0 bridgehead atoms. The van der Waals surface area contributed by atoms with Crippen molar-refractivity contribution in [3.8, 4) is 11.5 Å². The van der Waals surface area contributed by atoms with E-state index in [9.17, 15) is 9.18 Å². The number of rotatable bonds is 6. The number of carbonyl (C=O) groups is 1. The standard InChI is InChI=1S/C20H22ClFN2O3/c1-26-14-6-8-19(27-2)15(11-14)18-4-3-9-24(18)12-20(25)23-13-5-7-17(22)16(21)10-13/h5-8,10-11,18H,3-4,9,12H2,1-2H3,(H,23,25)/t18-/m0/s1. The van der Waals surface area contributed by atoms with E-state index in [-0.39, 0.29) is 23.5 Å². The van der Waals surface area contributed by atoms with Crippen molar-refractivity contribution >= 4 is 23.2 Å². The summed E-state index contributed by atoms with van der Waals surface area (Å²) in [6.07, 6.45) is 1.92. The van der Waals surface area contributed by atoms with E-state index in [2.05, 4.69) is 10.2 Å². The number of halogens is 2. The molecule has 3 rings (SSSR count). The molecule has 1 fully saturated rings. The van der Waals surface area contributed by atoms with E-state index in [1.54, 1.807) is 14.2 Å². The maximum absolute atomic E-state index is 13.3. The van der Waals surface area contributed by atoms with E-state index in [0.29, 0.717) is 5.69 Å². The molecular formula is C20H22ClFN2O3.